The first-order valence-corrected chi connectivity index (χ1v) is 8.48. The van der Waals surface area contributed by atoms with Gasteiger partial charge in [0.05, 0.1) is 18.3 Å². The van der Waals surface area contributed by atoms with E-state index in [0.717, 1.165) is 17.8 Å². The van der Waals surface area contributed by atoms with E-state index in [4.69, 9.17) is 9.84 Å². The lowest BCUT2D eigenvalue weighted by atomic mass is 10.2. The number of carboxylic acids is 1. The van der Waals surface area contributed by atoms with Crippen LogP contribution >= 0.6 is 11.3 Å². The van der Waals surface area contributed by atoms with Gasteiger partial charge in [-0.3, -0.25) is 4.79 Å². The number of hydrogen-bond donors (Lipinski definition) is 2. The van der Waals surface area contributed by atoms with E-state index in [1.807, 2.05) is 6.92 Å². The highest BCUT2D eigenvalue weighted by atomic mass is 32.1. The van der Waals surface area contributed by atoms with E-state index in [-0.39, 0.29) is 16.8 Å². The Bertz CT molecular complexity index is 742. The number of nitrogens with one attached hydrogen (secondary N) is 1. The minimum atomic E-state index is -1.00. The molecule has 0 aliphatic carbocycles. The molecule has 2 N–H and O–H groups in total. The zero-order valence-corrected chi connectivity index (χ0v) is 14.6. The van der Waals surface area contributed by atoms with Crippen LogP contribution in [0.3, 0.4) is 0 Å². The highest BCUT2D eigenvalue weighted by Crippen LogP contribution is 2.24. The van der Waals surface area contributed by atoms with Gasteiger partial charge < -0.3 is 15.2 Å². The number of thiazole rings is 1. The first kappa shape index (κ1) is 17.9. The van der Waals surface area contributed by atoms with Crippen LogP contribution in [0, 0.1) is 6.92 Å². The van der Waals surface area contributed by atoms with Crippen LogP contribution in [-0.2, 0) is 0 Å². The Kier molecular flexibility index (Phi) is 5.92. The second kappa shape index (κ2) is 7.92. The van der Waals surface area contributed by atoms with Crippen molar-refractivity contribution in [1.29, 1.82) is 0 Å². The Hall–Kier alpha value is -2.41. The molecule has 0 bridgehead atoms. The van der Waals surface area contributed by atoms with Gasteiger partial charge in [0.1, 0.15) is 15.6 Å². The van der Waals surface area contributed by atoms with E-state index in [1.165, 1.54) is 0 Å². The Labute approximate surface area is 144 Å². The van der Waals surface area contributed by atoms with Gasteiger partial charge >= 0.3 is 5.97 Å². The topological polar surface area (TPSA) is 88.5 Å². The standard InChI is InChI=1S/C17H20N2O4S/c1-4-8-23-13-7-5-6-12(9-13)15(20)18-11(3)16-19-10(2)14(24-16)17(21)22/h5-7,9,11H,4,8H2,1-3H3,(H,18,20)(H,21,22). The Morgan fingerprint density at radius 2 is 2.17 bits per heavy atom. The molecule has 1 aromatic heterocycles. The van der Waals surface area contributed by atoms with Crippen molar-refractivity contribution in [2.75, 3.05) is 6.61 Å². The molecule has 1 amide bonds. The second-order valence-electron chi connectivity index (χ2n) is 5.34. The fourth-order valence-electron chi connectivity index (χ4n) is 2.09. The molecule has 0 saturated heterocycles. The van der Waals surface area contributed by atoms with Crippen molar-refractivity contribution in [3.8, 4) is 5.75 Å². The van der Waals surface area contributed by atoms with Crippen molar-refractivity contribution in [3.05, 3.63) is 45.4 Å². The monoisotopic (exact) mass is 348 g/mol. The summed E-state index contributed by atoms with van der Waals surface area (Å²) < 4.78 is 5.53. The van der Waals surface area contributed by atoms with Gasteiger partial charge in [0.25, 0.3) is 5.91 Å². The summed E-state index contributed by atoms with van der Waals surface area (Å²) in [6.45, 7) is 6.03. The molecule has 6 nitrogen and oxygen atoms in total. The van der Waals surface area contributed by atoms with Crippen LogP contribution in [0.25, 0.3) is 0 Å². The van der Waals surface area contributed by atoms with Gasteiger partial charge in [-0.2, -0.15) is 0 Å². The van der Waals surface area contributed by atoms with Crippen molar-refractivity contribution in [1.82, 2.24) is 10.3 Å². The van der Waals surface area contributed by atoms with Gasteiger partial charge in [0, 0.05) is 5.56 Å². The van der Waals surface area contributed by atoms with Crippen LogP contribution in [0.2, 0.25) is 0 Å². The van der Waals surface area contributed by atoms with Crippen LogP contribution in [0.15, 0.2) is 24.3 Å². The molecule has 0 radical (unpaired) electrons. The number of aromatic nitrogens is 1. The molecule has 0 aliphatic rings. The molecule has 0 spiro atoms. The van der Waals surface area contributed by atoms with Crippen LogP contribution in [0.1, 0.15) is 57.0 Å². The SMILES string of the molecule is CCCOc1cccc(C(=O)NC(C)c2nc(C)c(C(=O)O)s2)c1. The Morgan fingerprint density at radius 1 is 1.42 bits per heavy atom. The van der Waals surface area contributed by atoms with E-state index < -0.39 is 5.97 Å². The van der Waals surface area contributed by atoms with Crippen LogP contribution in [0.5, 0.6) is 5.75 Å². The number of amides is 1. The number of ether oxygens (including phenoxy) is 1. The molecule has 2 aromatic rings. The number of rotatable bonds is 7. The summed E-state index contributed by atoms with van der Waals surface area (Å²) in [7, 11) is 0. The summed E-state index contributed by atoms with van der Waals surface area (Å²) in [4.78, 5) is 27.9. The zero-order chi connectivity index (χ0) is 17.7. The highest BCUT2D eigenvalue weighted by Gasteiger charge is 2.19. The fourth-order valence-corrected chi connectivity index (χ4v) is 3.00. The smallest absolute Gasteiger partial charge is 0.347 e. The predicted octanol–water partition coefficient (Wildman–Crippen LogP) is 3.43. The molecule has 2 rings (SSSR count). The van der Waals surface area contributed by atoms with E-state index in [0.29, 0.717) is 28.6 Å². The van der Waals surface area contributed by atoms with Crippen molar-refractivity contribution >= 4 is 23.2 Å². The van der Waals surface area contributed by atoms with Gasteiger partial charge in [-0.25, -0.2) is 9.78 Å². The van der Waals surface area contributed by atoms with Crippen LogP contribution in [0.4, 0.5) is 0 Å². The molecule has 0 aliphatic heterocycles. The van der Waals surface area contributed by atoms with Crippen molar-refractivity contribution < 1.29 is 19.4 Å². The third kappa shape index (κ3) is 4.32. The summed E-state index contributed by atoms with van der Waals surface area (Å²) >= 11 is 1.08. The summed E-state index contributed by atoms with van der Waals surface area (Å²) in [6, 6.07) is 6.58. The maximum absolute atomic E-state index is 12.4. The van der Waals surface area contributed by atoms with Gasteiger partial charge in [0.15, 0.2) is 0 Å². The lowest BCUT2D eigenvalue weighted by Gasteiger charge is -2.12. The predicted molar refractivity (Wildman–Crippen MR) is 91.9 cm³/mol. The number of hydrogen-bond acceptors (Lipinski definition) is 5. The van der Waals surface area contributed by atoms with Crippen LogP contribution < -0.4 is 10.1 Å². The Morgan fingerprint density at radius 3 is 2.79 bits per heavy atom. The summed E-state index contributed by atoms with van der Waals surface area (Å²) in [5.41, 5.74) is 0.945. The maximum atomic E-state index is 12.4. The molecule has 128 valence electrons. The first-order valence-electron chi connectivity index (χ1n) is 7.66. The zero-order valence-electron chi connectivity index (χ0n) is 13.8. The van der Waals surface area contributed by atoms with E-state index in [9.17, 15) is 9.59 Å². The minimum absolute atomic E-state index is 0.195. The molecule has 1 aromatic carbocycles. The molecule has 1 heterocycles. The van der Waals surface area contributed by atoms with Crippen molar-refractivity contribution in [2.24, 2.45) is 0 Å². The number of carbonyl (C=O) groups excluding carboxylic acids is 1. The summed E-state index contributed by atoms with van der Waals surface area (Å²) in [5, 5.41) is 12.5. The average Bonchev–Trinajstić information content (AvgIpc) is 2.95. The summed E-state index contributed by atoms with van der Waals surface area (Å²) in [6.07, 6.45) is 0.892. The molecular formula is C17H20N2O4S. The quantitative estimate of drug-likeness (QED) is 0.800. The van der Waals surface area contributed by atoms with Gasteiger partial charge in [0.2, 0.25) is 0 Å². The van der Waals surface area contributed by atoms with Gasteiger partial charge in [-0.15, -0.1) is 11.3 Å². The molecule has 1 atom stereocenters. The lowest BCUT2D eigenvalue weighted by Crippen LogP contribution is -2.26. The number of nitrogens with zero attached hydrogens (tertiary/aromatic N) is 1. The highest BCUT2D eigenvalue weighted by molar-refractivity contribution is 7.13. The molecule has 0 fully saturated rings. The van der Waals surface area contributed by atoms with Crippen LogP contribution in [-0.4, -0.2) is 28.6 Å². The van der Waals surface area contributed by atoms with Gasteiger partial charge in [-0.05, 0) is 38.5 Å². The minimum Gasteiger partial charge on any atom is -0.494 e. The van der Waals surface area contributed by atoms with E-state index >= 15 is 0 Å². The molecule has 1 unspecified atom stereocenters. The third-order valence-corrected chi connectivity index (χ3v) is 4.62. The van der Waals surface area contributed by atoms with E-state index in [2.05, 4.69) is 10.3 Å². The largest absolute Gasteiger partial charge is 0.494 e. The Balaban J connectivity index is 2.08. The first-order chi connectivity index (χ1) is 11.4. The number of aromatic carboxylic acids is 1. The number of carboxylic acid groups (broad SMARTS) is 1. The normalized spacial score (nSPS) is 11.8. The maximum Gasteiger partial charge on any atom is 0.347 e. The molecule has 24 heavy (non-hydrogen) atoms. The van der Waals surface area contributed by atoms with Gasteiger partial charge in [-0.1, -0.05) is 13.0 Å². The van der Waals surface area contributed by atoms with E-state index in [1.54, 1.807) is 38.1 Å². The summed E-state index contributed by atoms with van der Waals surface area (Å²) in [5.74, 6) is -0.611. The third-order valence-electron chi connectivity index (χ3n) is 3.29. The molecule has 0 saturated carbocycles. The van der Waals surface area contributed by atoms with Crippen molar-refractivity contribution in [2.45, 2.75) is 33.2 Å². The number of benzene rings is 1. The lowest BCUT2D eigenvalue weighted by molar-refractivity contribution is 0.0701. The number of aryl methyl sites for hydroxylation is 1. The molecule has 7 heteroatoms. The average molecular weight is 348 g/mol. The second-order valence-corrected chi connectivity index (χ2v) is 6.37. The van der Waals surface area contributed by atoms with Crippen molar-refractivity contribution in [3.63, 3.8) is 0 Å². The fraction of sp³-hybridized carbons (Fsp3) is 0.353. The number of carbonyl (C=O) groups is 2. The molecular weight excluding hydrogens is 328 g/mol.